The topological polar surface area (TPSA) is 116 Å². The molecule has 0 atom stereocenters. The number of rotatable bonds is 5. The number of nitrogens with zero attached hydrogens (tertiary/aromatic N) is 1. The molecule has 8 nitrogen and oxygen atoms in total. The van der Waals surface area contributed by atoms with Crippen molar-refractivity contribution >= 4 is 46.7 Å². The highest BCUT2D eigenvalue weighted by atomic mass is 35.5. The molecule has 2 amide bonds. The molecule has 0 radical (unpaired) electrons. The van der Waals surface area contributed by atoms with Gasteiger partial charge in [-0.15, -0.1) is 0 Å². The molecule has 29 heavy (non-hydrogen) atoms. The number of hydrogen-bond acceptors (Lipinski definition) is 5. The van der Waals surface area contributed by atoms with Gasteiger partial charge in [0.25, 0.3) is 5.91 Å². The van der Waals surface area contributed by atoms with Crippen LogP contribution in [0.2, 0.25) is 10.0 Å². The van der Waals surface area contributed by atoms with Gasteiger partial charge in [0.05, 0.1) is 15.6 Å². The van der Waals surface area contributed by atoms with Crippen molar-refractivity contribution in [2.24, 2.45) is 0 Å². The SMILES string of the molecule is CC(C)N(C)C(=O)c1cc(Oc2c(Cl)cc(NC(=O)C(=O)O)cc2Cl)ccc1O. The lowest BCUT2D eigenvalue weighted by atomic mass is 10.1. The van der Waals surface area contributed by atoms with E-state index in [1.807, 2.05) is 13.8 Å². The maximum absolute atomic E-state index is 12.5. The molecule has 3 N–H and O–H groups in total. The highest BCUT2D eigenvalue weighted by Crippen LogP contribution is 2.39. The lowest BCUT2D eigenvalue weighted by Gasteiger charge is -2.22. The van der Waals surface area contributed by atoms with Gasteiger partial charge in [-0.1, -0.05) is 23.2 Å². The minimum Gasteiger partial charge on any atom is -0.507 e. The molecule has 0 bridgehead atoms. The maximum atomic E-state index is 12.5. The van der Waals surface area contributed by atoms with Gasteiger partial charge in [0, 0.05) is 18.8 Å². The first-order chi connectivity index (χ1) is 13.5. The van der Waals surface area contributed by atoms with E-state index in [-0.39, 0.29) is 44.6 Å². The number of amides is 2. The molecule has 0 spiro atoms. The van der Waals surface area contributed by atoms with Crippen LogP contribution < -0.4 is 10.1 Å². The first kappa shape index (κ1) is 22.3. The Balaban J connectivity index is 2.32. The zero-order valence-electron chi connectivity index (χ0n) is 15.7. The number of phenols is 1. The standard InChI is InChI=1S/C19H18Cl2N2O6/c1-9(2)23(3)18(26)12-8-11(4-5-15(12)24)29-16-13(20)6-10(7-14(16)21)22-17(25)19(27)28/h4-9,24H,1-3H3,(H,22,25)(H,27,28). The van der Waals surface area contributed by atoms with E-state index in [0.29, 0.717) is 0 Å². The van der Waals surface area contributed by atoms with E-state index >= 15 is 0 Å². The summed E-state index contributed by atoms with van der Waals surface area (Å²) in [5.74, 6) is -3.30. The highest BCUT2D eigenvalue weighted by molar-refractivity contribution is 6.39. The predicted octanol–water partition coefficient (Wildman–Crippen LogP) is 3.99. The van der Waals surface area contributed by atoms with Crippen molar-refractivity contribution in [1.29, 1.82) is 0 Å². The summed E-state index contributed by atoms with van der Waals surface area (Å²) in [5.41, 5.74) is 0.108. The molecule has 2 rings (SSSR count). The summed E-state index contributed by atoms with van der Waals surface area (Å²) >= 11 is 12.3. The predicted molar refractivity (Wildman–Crippen MR) is 108 cm³/mol. The summed E-state index contributed by atoms with van der Waals surface area (Å²) in [6.45, 7) is 3.67. The van der Waals surface area contributed by atoms with Crippen molar-refractivity contribution in [3.8, 4) is 17.2 Å². The number of benzene rings is 2. The number of aromatic hydroxyl groups is 1. The Labute approximate surface area is 176 Å². The van der Waals surface area contributed by atoms with Crippen LogP contribution in [0.5, 0.6) is 17.2 Å². The summed E-state index contributed by atoms with van der Waals surface area (Å²) in [5, 5.41) is 20.8. The number of carbonyl (C=O) groups is 3. The fraction of sp³-hybridized carbons (Fsp3) is 0.211. The second kappa shape index (κ2) is 9.02. The largest absolute Gasteiger partial charge is 0.507 e. The zero-order chi connectivity index (χ0) is 21.9. The minimum absolute atomic E-state index is 0.00145. The molecule has 10 heteroatoms. The Morgan fingerprint density at radius 1 is 1.10 bits per heavy atom. The average molecular weight is 441 g/mol. The Kier molecular flexibility index (Phi) is 6.94. The van der Waals surface area contributed by atoms with E-state index in [1.54, 1.807) is 7.05 Å². The lowest BCUT2D eigenvalue weighted by Crippen LogP contribution is -2.33. The Bertz CT molecular complexity index is 954. The van der Waals surface area contributed by atoms with Crippen molar-refractivity contribution in [2.75, 3.05) is 12.4 Å². The van der Waals surface area contributed by atoms with Crippen molar-refractivity contribution in [3.05, 3.63) is 45.9 Å². The summed E-state index contributed by atoms with van der Waals surface area (Å²) in [6.07, 6.45) is 0. The third-order valence-electron chi connectivity index (χ3n) is 3.96. The number of anilines is 1. The zero-order valence-corrected chi connectivity index (χ0v) is 17.2. The molecule has 0 fully saturated rings. The summed E-state index contributed by atoms with van der Waals surface area (Å²) < 4.78 is 5.66. The summed E-state index contributed by atoms with van der Waals surface area (Å²) in [6, 6.07) is 6.53. The molecule has 0 aliphatic heterocycles. The van der Waals surface area contributed by atoms with Crippen molar-refractivity contribution in [3.63, 3.8) is 0 Å². The number of nitrogens with one attached hydrogen (secondary N) is 1. The molecular formula is C19H18Cl2N2O6. The molecule has 2 aromatic carbocycles. The van der Waals surface area contributed by atoms with Crippen molar-refractivity contribution in [2.45, 2.75) is 19.9 Å². The highest BCUT2D eigenvalue weighted by Gasteiger charge is 2.20. The normalized spacial score (nSPS) is 10.6. The quantitative estimate of drug-likeness (QED) is 0.605. The van der Waals surface area contributed by atoms with Gasteiger partial charge in [-0.3, -0.25) is 9.59 Å². The Hall–Kier alpha value is -2.97. The summed E-state index contributed by atoms with van der Waals surface area (Å²) in [4.78, 5) is 35.9. The van der Waals surface area contributed by atoms with Crippen LogP contribution in [0.15, 0.2) is 30.3 Å². The Morgan fingerprint density at radius 2 is 1.69 bits per heavy atom. The van der Waals surface area contributed by atoms with E-state index in [0.717, 1.165) is 0 Å². The van der Waals surface area contributed by atoms with Crippen molar-refractivity contribution in [1.82, 2.24) is 4.90 Å². The summed E-state index contributed by atoms with van der Waals surface area (Å²) in [7, 11) is 1.61. The minimum atomic E-state index is -1.66. The van der Waals surface area contributed by atoms with Gasteiger partial charge in [0.1, 0.15) is 11.5 Å². The molecule has 154 valence electrons. The molecule has 0 aliphatic carbocycles. The van der Waals surface area contributed by atoms with Crippen LogP contribution in [-0.2, 0) is 9.59 Å². The van der Waals surface area contributed by atoms with Crippen LogP contribution in [-0.4, -0.2) is 46.0 Å². The molecule has 0 saturated carbocycles. The van der Waals surface area contributed by atoms with Gasteiger partial charge < -0.3 is 25.2 Å². The number of carboxylic acids is 1. The second-order valence-electron chi connectivity index (χ2n) is 6.32. The second-order valence-corrected chi connectivity index (χ2v) is 7.13. The van der Waals surface area contributed by atoms with Crippen LogP contribution in [0.3, 0.4) is 0 Å². The third kappa shape index (κ3) is 5.30. The number of carboxylic acid groups (broad SMARTS) is 1. The fourth-order valence-electron chi connectivity index (χ4n) is 2.21. The van der Waals surface area contributed by atoms with E-state index in [4.69, 9.17) is 33.0 Å². The van der Waals surface area contributed by atoms with E-state index < -0.39 is 17.8 Å². The first-order valence-electron chi connectivity index (χ1n) is 8.32. The van der Waals surface area contributed by atoms with Crippen molar-refractivity contribution < 1.29 is 29.3 Å². The lowest BCUT2D eigenvalue weighted by molar-refractivity contribution is -0.147. The smallest absolute Gasteiger partial charge is 0.394 e. The fourth-order valence-corrected chi connectivity index (χ4v) is 2.77. The van der Waals surface area contributed by atoms with Gasteiger partial charge in [0.15, 0.2) is 5.75 Å². The molecule has 0 heterocycles. The molecule has 0 aliphatic rings. The Morgan fingerprint density at radius 3 is 2.21 bits per heavy atom. The van der Waals surface area contributed by atoms with Crippen LogP contribution in [0.25, 0.3) is 0 Å². The van der Waals surface area contributed by atoms with Crippen LogP contribution in [0.4, 0.5) is 5.69 Å². The molecule has 0 saturated heterocycles. The van der Waals surface area contributed by atoms with E-state index in [9.17, 15) is 19.5 Å². The molecular weight excluding hydrogens is 423 g/mol. The van der Waals surface area contributed by atoms with Gasteiger partial charge in [-0.25, -0.2) is 4.79 Å². The number of aliphatic carboxylic acids is 1. The average Bonchev–Trinajstić information content (AvgIpc) is 2.64. The van der Waals surface area contributed by atoms with Gasteiger partial charge >= 0.3 is 11.9 Å². The van der Waals surface area contributed by atoms with Crippen LogP contribution in [0, 0.1) is 0 Å². The molecule has 2 aromatic rings. The monoisotopic (exact) mass is 440 g/mol. The molecule has 0 aromatic heterocycles. The number of ether oxygens (including phenoxy) is 1. The van der Waals surface area contributed by atoms with Crippen LogP contribution >= 0.6 is 23.2 Å². The molecule has 0 unspecified atom stereocenters. The maximum Gasteiger partial charge on any atom is 0.394 e. The first-order valence-corrected chi connectivity index (χ1v) is 9.08. The number of phenolic OH excluding ortho intramolecular Hbond substituents is 1. The number of halogens is 2. The van der Waals surface area contributed by atoms with Crippen LogP contribution in [0.1, 0.15) is 24.2 Å². The number of carbonyl (C=O) groups excluding carboxylic acids is 2. The third-order valence-corrected chi connectivity index (χ3v) is 4.53. The number of hydrogen-bond donors (Lipinski definition) is 3. The van der Waals surface area contributed by atoms with Gasteiger partial charge in [0.2, 0.25) is 0 Å². The van der Waals surface area contributed by atoms with Gasteiger partial charge in [-0.2, -0.15) is 0 Å². The van der Waals surface area contributed by atoms with Gasteiger partial charge in [-0.05, 0) is 44.2 Å². The van der Waals surface area contributed by atoms with E-state index in [1.165, 1.54) is 35.2 Å². The van der Waals surface area contributed by atoms with E-state index in [2.05, 4.69) is 5.32 Å².